The molecular formula is C12H10BrN3O3. The number of nitrogens with one attached hydrogen (secondary N) is 1. The summed E-state index contributed by atoms with van der Waals surface area (Å²) >= 11 is 3.43. The number of fused-ring (bicyclic) bond motifs is 1. The standard InChI is InChI=1S/C12H10BrN3O3/c13-8-3-6(5-17)10-11(19-2-1-18-10)9(8)7-4-15-16-12(7)14/h3-5H,1-2H2,(H3,14,15,16). The summed E-state index contributed by atoms with van der Waals surface area (Å²) in [6.07, 6.45) is 2.34. The number of H-pyrrole nitrogens is 1. The van der Waals surface area contributed by atoms with Gasteiger partial charge in [-0.25, -0.2) is 0 Å². The van der Waals surface area contributed by atoms with Crippen LogP contribution in [0.5, 0.6) is 11.5 Å². The van der Waals surface area contributed by atoms with E-state index < -0.39 is 0 Å². The molecule has 0 saturated heterocycles. The number of carbonyl (C=O) groups is 1. The van der Waals surface area contributed by atoms with Crippen molar-refractivity contribution in [2.75, 3.05) is 18.9 Å². The molecule has 0 unspecified atom stereocenters. The molecule has 2 aromatic rings. The van der Waals surface area contributed by atoms with Gasteiger partial charge in [0.05, 0.1) is 11.8 Å². The maximum Gasteiger partial charge on any atom is 0.172 e. The number of hydrogen-bond donors (Lipinski definition) is 2. The maximum atomic E-state index is 11.1. The lowest BCUT2D eigenvalue weighted by atomic mass is 10.0. The number of ether oxygens (including phenoxy) is 2. The highest BCUT2D eigenvalue weighted by Crippen LogP contribution is 2.47. The predicted molar refractivity (Wildman–Crippen MR) is 72.5 cm³/mol. The van der Waals surface area contributed by atoms with E-state index in [1.165, 1.54) is 0 Å². The van der Waals surface area contributed by atoms with E-state index in [0.29, 0.717) is 46.1 Å². The van der Waals surface area contributed by atoms with Crippen molar-refractivity contribution >= 4 is 28.0 Å². The third-order valence-corrected chi connectivity index (χ3v) is 3.48. The fraction of sp³-hybridized carbons (Fsp3) is 0.167. The van der Waals surface area contributed by atoms with Crippen molar-refractivity contribution in [2.24, 2.45) is 0 Å². The Morgan fingerprint density at radius 2 is 2.11 bits per heavy atom. The first-order chi connectivity index (χ1) is 9.22. The maximum absolute atomic E-state index is 11.1. The van der Waals surface area contributed by atoms with E-state index in [2.05, 4.69) is 26.1 Å². The fourth-order valence-electron chi connectivity index (χ4n) is 2.04. The Hall–Kier alpha value is -2.02. The van der Waals surface area contributed by atoms with E-state index in [1.54, 1.807) is 12.3 Å². The van der Waals surface area contributed by atoms with E-state index in [0.717, 1.165) is 11.8 Å². The molecule has 0 radical (unpaired) electrons. The Labute approximate surface area is 117 Å². The molecule has 6 nitrogen and oxygen atoms in total. The molecule has 2 heterocycles. The van der Waals surface area contributed by atoms with Gasteiger partial charge in [-0.05, 0) is 22.0 Å². The van der Waals surface area contributed by atoms with E-state index in [-0.39, 0.29) is 0 Å². The van der Waals surface area contributed by atoms with Crippen LogP contribution < -0.4 is 15.2 Å². The number of benzene rings is 1. The van der Waals surface area contributed by atoms with Crippen LogP contribution in [-0.4, -0.2) is 29.7 Å². The zero-order valence-corrected chi connectivity index (χ0v) is 11.4. The molecule has 1 aromatic carbocycles. The highest BCUT2D eigenvalue weighted by molar-refractivity contribution is 9.10. The van der Waals surface area contributed by atoms with Crippen LogP contribution in [0.1, 0.15) is 10.4 Å². The molecule has 1 aromatic heterocycles. The third kappa shape index (κ3) is 1.86. The van der Waals surface area contributed by atoms with Gasteiger partial charge in [0.1, 0.15) is 19.0 Å². The molecule has 19 heavy (non-hydrogen) atoms. The minimum absolute atomic E-state index is 0.412. The summed E-state index contributed by atoms with van der Waals surface area (Å²) < 4.78 is 11.9. The van der Waals surface area contributed by atoms with Gasteiger partial charge in [0.15, 0.2) is 17.8 Å². The van der Waals surface area contributed by atoms with Crippen LogP contribution in [0, 0.1) is 0 Å². The second-order valence-corrected chi connectivity index (χ2v) is 4.85. The van der Waals surface area contributed by atoms with Crippen molar-refractivity contribution in [3.8, 4) is 22.6 Å². The molecule has 1 aliphatic rings. The summed E-state index contributed by atoms with van der Waals surface area (Å²) in [5.74, 6) is 1.38. The number of halogens is 1. The second-order valence-electron chi connectivity index (χ2n) is 3.99. The summed E-state index contributed by atoms with van der Waals surface area (Å²) in [4.78, 5) is 11.1. The summed E-state index contributed by atoms with van der Waals surface area (Å²) in [7, 11) is 0. The first-order valence-electron chi connectivity index (χ1n) is 5.59. The predicted octanol–water partition coefficient (Wildman–Crippen LogP) is 2.01. The SMILES string of the molecule is Nc1[nH]ncc1-c1c(Br)cc(C=O)c2c1OCCO2. The van der Waals surface area contributed by atoms with Gasteiger partial charge in [0.25, 0.3) is 0 Å². The lowest BCUT2D eigenvalue weighted by molar-refractivity contribution is 0.111. The molecule has 0 saturated carbocycles. The number of aldehydes is 1. The van der Waals surface area contributed by atoms with Gasteiger partial charge in [0.2, 0.25) is 0 Å². The quantitative estimate of drug-likeness (QED) is 0.825. The van der Waals surface area contributed by atoms with Crippen molar-refractivity contribution in [3.63, 3.8) is 0 Å². The minimum Gasteiger partial charge on any atom is -0.485 e. The van der Waals surface area contributed by atoms with Crippen LogP contribution in [0.3, 0.4) is 0 Å². The van der Waals surface area contributed by atoms with E-state index in [4.69, 9.17) is 15.2 Å². The largest absolute Gasteiger partial charge is 0.485 e. The summed E-state index contributed by atoms with van der Waals surface area (Å²) in [6, 6.07) is 1.68. The lowest BCUT2D eigenvalue weighted by Crippen LogP contribution is -2.17. The van der Waals surface area contributed by atoms with Crippen LogP contribution in [0.15, 0.2) is 16.7 Å². The number of aromatic nitrogens is 2. The Morgan fingerprint density at radius 1 is 1.37 bits per heavy atom. The number of nitrogens with zero attached hydrogens (tertiary/aromatic N) is 1. The molecule has 0 amide bonds. The molecule has 3 N–H and O–H groups in total. The fourth-order valence-corrected chi connectivity index (χ4v) is 2.68. The number of rotatable bonds is 2. The van der Waals surface area contributed by atoms with Gasteiger partial charge in [-0.15, -0.1) is 0 Å². The molecule has 0 aliphatic carbocycles. The smallest absolute Gasteiger partial charge is 0.172 e. The van der Waals surface area contributed by atoms with E-state index in [1.807, 2.05) is 0 Å². The molecule has 0 fully saturated rings. The van der Waals surface area contributed by atoms with Gasteiger partial charge in [-0.1, -0.05) is 0 Å². The van der Waals surface area contributed by atoms with Crippen LogP contribution >= 0.6 is 15.9 Å². The van der Waals surface area contributed by atoms with Crippen LogP contribution in [0.2, 0.25) is 0 Å². The number of anilines is 1. The molecule has 0 atom stereocenters. The monoisotopic (exact) mass is 323 g/mol. The Balaban J connectivity index is 2.30. The highest BCUT2D eigenvalue weighted by Gasteiger charge is 2.25. The summed E-state index contributed by atoms with van der Waals surface area (Å²) in [6.45, 7) is 0.836. The second kappa shape index (κ2) is 4.58. The topological polar surface area (TPSA) is 90.2 Å². The average molecular weight is 324 g/mol. The van der Waals surface area contributed by atoms with Gasteiger partial charge in [-0.3, -0.25) is 9.89 Å². The van der Waals surface area contributed by atoms with E-state index >= 15 is 0 Å². The third-order valence-electron chi connectivity index (χ3n) is 2.86. The number of nitrogen functional groups attached to an aromatic ring is 1. The Bertz CT molecular complexity index is 654. The van der Waals surface area contributed by atoms with Gasteiger partial charge in [0, 0.05) is 15.6 Å². The zero-order chi connectivity index (χ0) is 13.4. The molecule has 0 bridgehead atoms. The number of nitrogens with two attached hydrogens (primary N) is 1. The van der Waals surface area contributed by atoms with Crippen LogP contribution in [-0.2, 0) is 0 Å². The molecule has 0 spiro atoms. The first-order valence-corrected chi connectivity index (χ1v) is 6.38. The lowest BCUT2D eigenvalue weighted by Gasteiger charge is -2.23. The van der Waals surface area contributed by atoms with E-state index in [9.17, 15) is 4.79 Å². The Kier molecular flexibility index (Phi) is 2.90. The molecule has 1 aliphatic heterocycles. The Morgan fingerprint density at radius 3 is 2.74 bits per heavy atom. The van der Waals surface area contributed by atoms with Crippen molar-refractivity contribution in [1.29, 1.82) is 0 Å². The summed E-state index contributed by atoms with van der Waals surface area (Å²) in [5.41, 5.74) is 7.71. The highest BCUT2D eigenvalue weighted by atomic mass is 79.9. The molecule has 3 rings (SSSR count). The molecule has 98 valence electrons. The van der Waals surface area contributed by atoms with Gasteiger partial charge < -0.3 is 15.2 Å². The van der Waals surface area contributed by atoms with Crippen molar-refractivity contribution < 1.29 is 14.3 Å². The number of aromatic amines is 1. The van der Waals surface area contributed by atoms with Crippen LogP contribution in [0.25, 0.3) is 11.1 Å². The molecular weight excluding hydrogens is 314 g/mol. The molecule has 7 heteroatoms. The zero-order valence-electron chi connectivity index (χ0n) is 9.77. The van der Waals surface area contributed by atoms with Crippen molar-refractivity contribution in [2.45, 2.75) is 0 Å². The minimum atomic E-state index is 0.412. The van der Waals surface area contributed by atoms with Crippen molar-refractivity contribution in [1.82, 2.24) is 10.2 Å². The van der Waals surface area contributed by atoms with Crippen molar-refractivity contribution in [3.05, 3.63) is 22.3 Å². The van der Waals surface area contributed by atoms with Gasteiger partial charge in [-0.2, -0.15) is 5.10 Å². The average Bonchev–Trinajstić information content (AvgIpc) is 2.84. The summed E-state index contributed by atoms with van der Waals surface area (Å²) in [5, 5.41) is 6.56. The normalized spacial score (nSPS) is 13.3. The van der Waals surface area contributed by atoms with Crippen LogP contribution in [0.4, 0.5) is 5.82 Å². The van der Waals surface area contributed by atoms with Gasteiger partial charge >= 0.3 is 0 Å². The number of carbonyl (C=O) groups excluding carboxylic acids is 1. The number of hydrogen-bond acceptors (Lipinski definition) is 5. The first kappa shape index (κ1) is 12.0.